The van der Waals surface area contributed by atoms with E-state index in [1.807, 2.05) is 0 Å². The van der Waals surface area contributed by atoms with Crippen LogP contribution in [0.3, 0.4) is 0 Å². The van der Waals surface area contributed by atoms with Gasteiger partial charge in [-0.2, -0.15) is 0 Å². The average Bonchev–Trinajstić information content (AvgIpc) is 2.54. The highest BCUT2D eigenvalue weighted by atomic mass is 16.6. The molecule has 0 heterocycles. The summed E-state index contributed by atoms with van der Waals surface area (Å²) in [5.74, 6) is -0.754. The Morgan fingerprint density at radius 2 is 1.91 bits per heavy atom. The minimum Gasteiger partial charge on any atom is -0.466 e. The first kappa shape index (κ1) is 18.6. The zero-order chi connectivity index (χ0) is 17.2. The first-order chi connectivity index (χ1) is 11.0. The van der Waals surface area contributed by atoms with Gasteiger partial charge in [-0.05, 0) is 25.5 Å². The molecule has 8 heteroatoms. The molecule has 0 saturated carbocycles. The maximum absolute atomic E-state index is 12.4. The number of amides is 1. The summed E-state index contributed by atoms with van der Waals surface area (Å²) >= 11 is 0. The predicted molar refractivity (Wildman–Crippen MR) is 82.0 cm³/mol. The van der Waals surface area contributed by atoms with Crippen LogP contribution < -0.4 is 0 Å². The van der Waals surface area contributed by atoms with Crippen LogP contribution in [-0.2, 0) is 9.53 Å². The lowest BCUT2D eigenvalue weighted by Gasteiger charge is -2.22. The molecule has 0 bridgehead atoms. The summed E-state index contributed by atoms with van der Waals surface area (Å²) in [6.45, 7) is 2.33. The van der Waals surface area contributed by atoms with E-state index in [4.69, 9.17) is 9.84 Å². The second kappa shape index (κ2) is 9.52. The van der Waals surface area contributed by atoms with E-state index in [9.17, 15) is 19.7 Å². The van der Waals surface area contributed by atoms with Crippen molar-refractivity contribution in [3.63, 3.8) is 0 Å². The van der Waals surface area contributed by atoms with Gasteiger partial charge in [-0.3, -0.25) is 19.7 Å². The normalized spacial score (nSPS) is 10.2. The summed E-state index contributed by atoms with van der Waals surface area (Å²) in [6, 6.07) is 5.25. The van der Waals surface area contributed by atoms with Crippen molar-refractivity contribution < 1.29 is 24.4 Å². The molecule has 0 unspecified atom stereocenters. The summed E-state index contributed by atoms with van der Waals surface area (Å²) in [7, 11) is 0. The van der Waals surface area contributed by atoms with E-state index in [-0.39, 0.29) is 49.9 Å². The van der Waals surface area contributed by atoms with Crippen molar-refractivity contribution in [1.82, 2.24) is 4.90 Å². The fourth-order valence-corrected chi connectivity index (χ4v) is 1.94. The lowest BCUT2D eigenvalue weighted by Crippen LogP contribution is -2.34. The van der Waals surface area contributed by atoms with E-state index in [2.05, 4.69) is 0 Å². The summed E-state index contributed by atoms with van der Waals surface area (Å²) in [4.78, 5) is 35.3. The van der Waals surface area contributed by atoms with Crippen LogP contribution in [0.5, 0.6) is 0 Å². The Bertz CT molecular complexity index is 543. The number of nitro groups is 1. The van der Waals surface area contributed by atoms with E-state index < -0.39 is 10.9 Å². The quantitative estimate of drug-likeness (QED) is 0.417. The topological polar surface area (TPSA) is 110 Å². The Morgan fingerprint density at radius 3 is 2.43 bits per heavy atom. The molecular weight excluding hydrogens is 304 g/mol. The van der Waals surface area contributed by atoms with Gasteiger partial charge in [-0.15, -0.1) is 0 Å². The van der Waals surface area contributed by atoms with Gasteiger partial charge in [0.05, 0.1) is 18.0 Å². The Morgan fingerprint density at radius 1 is 1.26 bits per heavy atom. The zero-order valence-corrected chi connectivity index (χ0v) is 12.9. The van der Waals surface area contributed by atoms with Gasteiger partial charge in [0.25, 0.3) is 11.6 Å². The number of carbonyl (C=O) groups is 2. The van der Waals surface area contributed by atoms with Gasteiger partial charge in [0.2, 0.25) is 0 Å². The maximum atomic E-state index is 12.4. The lowest BCUT2D eigenvalue weighted by molar-refractivity contribution is -0.384. The van der Waals surface area contributed by atoms with Gasteiger partial charge in [-0.1, -0.05) is 0 Å². The predicted octanol–water partition coefficient (Wildman–Crippen LogP) is 1.37. The smallest absolute Gasteiger partial charge is 0.307 e. The van der Waals surface area contributed by atoms with E-state index in [0.717, 1.165) is 0 Å². The third kappa shape index (κ3) is 6.03. The van der Waals surface area contributed by atoms with Gasteiger partial charge in [0.1, 0.15) is 0 Å². The maximum Gasteiger partial charge on any atom is 0.307 e. The number of hydrogen-bond donors (Lipinski definition) is 1. The van der Waals surface area contributed by atoms with Crippen LogP contribution in [-0.4, -0.2) is 53.1 Å². The number of aliphatic hydroxyl groups is 1. The highest BCUT2D eigenvalue weighted by Crippen LogP contribution is 2.14. The monoisotopic (exact) mass is 324 g/mol. The van der Waals surface area contributed by atoms with E-state index in [0.29, 0.717) is 6.42 Å². The molecule has 0 radical (unpaired) electrons. The second-order valence-corrected chi connectivity index (χ2v) is 4.73. The SMILES string of the molecule is CCOC(=O)CCN(CCCO)C(=O)c1ccc([N+](=O)[O-])cc1. The molecule has 23 heavy (non-hydrogen) atoms. The van der Waals surface area contributed by atoms with Gasteiger partial charge >= 0.3 is 5.97 Å². The number of aliphatic hydroxyl groups excluding tert-OH is 1. The van der Waals surface area contributed by atoms with Crippen molar-refractivity contribution in [1.29, 1.82) is 0 Å². The number of benzene rings is 1. The molecule has 0 aliphatic heterocycles. The molecule has 0 aromatic heterocycles. The summed E-state index contributed by atoms with van der Waals surface area (Å²) in [5, 5.41) is 19.5. The Labute approximate surface area is 133 Å². The Balaban J connectivity index is 2.77. The third-order valence-electron chi connectivity index (χ3n) is 3.09. The minimum atomic E-state index is -0.543. The number of rotatable bonds is 9. The number of carbonyl (C=O) groups excluding carboxylic acids is 2. The van der Waals surface area contributed by atoms with E-state index >= 15 is 0 Å². The van der Waals surface area contributed by atoms with Crippen molar-refractivity contribution >= 4 is 17.6 Å². The molecular formula is C15H20N2O6. The van der Waals surface area contributed by atoms with Crippen LogP contribution in [0.2, 0.25) is 0 Å². The standard InChI is InChI=1S/C15H20N2O6/c1-2-23-14(19)8-10-16(9-3-11-18)15(20)12-4-6-13(7-5-12)17(21)22/h4-7,18H,2-3,8-11H2,1H3. The highest BCUT2D eigenvalue weighted by molar-refractivity contribution is 5.94. The van der Waals surface area contributed by atoms with Crippen LogP contribution in [0.25, 0.3) is 0 Å². The zero-order valence-electron chi connectivity index (χ0n) is 12.9. The molecule has 1 N–H and O–H groups in total. The molecule has 0 spiro atoms. The van der Waals surface area contributed by atoms with Gasteiger partial charge in [-0.25, -0.2) is 0 Å². The number of hydrogen-bond acceptors (Lipinski definition) is 6. The van der Waals surface area contributed by atoms with Crippen LogP contribution in [0, 0.1) is 10.1 Å². The summed E-state index contributed by atoms with van der Waals surface area (Å²) in [6.07, 6.45) is 0.430. The fraction of sp³-hybridized carbons (Fsp3) is 0.467. The molecule has 0 saturated heterocycles. The van der Waals surface area contributed by atoms with Crippen molar-refractivity contribution in [2.45, 2.75) is 19.8 Å². The van der Waals surface area contributed by atoms with Crippen LogP contribution in [0.4, 0.5) is 5.69 Å². The first-order valence-electron chi connectivity index (χ1n) is 7.29. The molecule has 0 aliphatic rings. The summed E-state index contributed by atoms with van der Waals surface area (Å²) < 4.78 is 4.82. The molecule has 126 valence electrons. The number of ether oxygens (including phenoxy) is 1. The van der Waals surface area contributed by atoms with Crippen molar-refractivity contribution in [2.75, 3.05) is 26.3 Å². The second-order valence-electron chi connectivity index (χ2n) is 4.73. The lowest BCUT2D eigenvalue weighted by atomic mass is 10.1. The molecule has 1 aromatic carbocycles. The molecule has 1 amide bonds. The minimum absolute atomic E-state index is 0.0536. The van der Waals surface area contributed by atoms with E-state index in [1.54, 1.807) is 6.92 Å². The average molecular weight is 324 g/mol. The molecule has 8 nitrogen and oxygen atoms in total. The van der Waals surface area contributed by atoms with Crippen LogP contribution >= 0.6 is 0 Å². The number of nitro benzene ring substituents is 1. The molecule has 0 fully saturated rings. The molecule has 0 atom stereocenters. The largest absolute Gasteiger partial charge is 0.466 e. The van der Waals surface area contributed by atoms with Gasteiger partial charge in [0, 0.05) is 37.4 Å². The molecule has 1 rings (SSSR count). The number of esters is 1. The van der Waals surface area contributed by atoms with Gasteiger partial charge < -0.3 is 14.7 Å². The summed E-state index contributed by atoms with van der Waals surface area (Å²) in [5.41, 5.74) is 0.187. The van der Waals surface area contributed by atoms with Crippen molar-refractivity contribution in [3.05, 3.63) is 39.9 Å². The highest BCUT2D eigenvalue weighted by Gasteiger charge is 2.18. The first-order valence-corrected chi connectivity index (χ1v) is 7.29. The number of nitrogens with zero attached hydrogens (tertiary/aromatic N) is 2. The van der Waals surface area contributed by atoms with Crippen LogP contribution in [0.1, 0.15) is 30.1 Å². The third-order valence-corrected chi connectivity index (χ3v) is 3.09. The van der Waals surface area contributed by atoms with Crippen molar-refractivity contribution in [3.8, 4) is 0 Å². The number of non-ortho nitro benzene ring substituents is 1. The molecule has 1 aromatic rings. The van der Waals surface area contributed by atoms with Gasteiger partial charge in [0.15, 0.2) is 0 Å². The molecule has 0 aliphatic carbocycles. The Hall–Kier alpha value is -2.48. The fourth-order valence-electron chi connectivity index (χ4n) is 1.94. The van der Waals surface area contributed by atoms with Crippen LogP contribution in [0.15, 0.2) is 24.3 Å². The van der Waals surface area contributed by atoms with Crippen molar-refractivity contribution in [2.24, 2.45) is 0 Å². The Kier molecular flexibility index (Phi) is 7.69. The van der Waals surface area contributed by atoms with E-state index in [1.165, 1.54) is 29.2 Å².